The summed E-state index contributed by atoms with van der Waals surface area (Å²) in [5.74, 6) is 0.275. The standard InChI is InChI=1S/C16H23N3O/c17-11-13-3-5-14(6-4-13)19(15-7-8-15)12-16(20)18-9-1-2-10-18/h3-6,15H,1-2,7-12,17H2. The van der Waals surface area contributed by atoms with Crippen LogP contribution in [-0.2, 0) is 11.3 Å². The topological polar surface area (TPSA) is 49.6 Å². The van der Waals surface area contributed by atoms with Gasteiger partial charge in [-0.1, -0.05) is 12.1 Å². The van der Waals surface area contributed by atoms with Gasteiger partial charge in [-0.15, -0.1) is 0 Å². The molecule has 2 aliphatic rings. The molecule has 1 aromatic carbocycles. The number of rotatable bonds is 5. The number of likely N-dealkylation sites (tertiary alicyclic amines) is 1. The second kappa shape index (κ2) is 5.83. The second-order valence-electron chi connectivity index (χ2n) is 5.82. The predicted octanol–water partition coefficient (Wildman–Crippen LogP) is 1.74. The minimum absolute atomic E-state index is 0.275. The third-order valence-corrected chi connectivity index (χ3v) is 4.26. The van der Waals surface area contributed by atoms with Gasteiger partial charge in [0.05, 0.1) is 6.54 Å². The molecule has 20 heavy (non-hydrogen) atoms. The lowest BCUT2D eigenvalue weighted by molar-refractivity contribution is -0.128. The molecular weight excluding hydrogens is 250 g/mol. The van der Waals surface area contributed by atoms with Gasteiger partial charge in [-0.25, -0.2) is 0 Å². The van der Waals surface area contributed by atoms with E-state index in [-0.39, 0.29) is 5.91 Å². The Kier molecular flexibility index (Phi) is 3.92. The van der Waals surface area contributed by atoms with Crippen LogP contribution in [0.4, 0.5) is 5.69 Å². The zero-order valence-corrected chi connectivity index (χ0v) is 11.9. The molecule has 1 saturated heterocycles. The molecule has 3 rings (SSSR count). The van der Waals surface area contributed by atoms with E-state index >= 15 is 0 Å². The van der Waals surface area contributed by atoms with Crippen LogP contribution in [0.1, 0.15) is 31.2 Å². The van der Waals surface area contributed by atoms with Crippen molar-refractivity contribution < 1.29 is 4.79 Å². The largest absolute Gasteiger partial charge is 0.359 e. The van der Waals surface area contributed by atoms with Gasteiger partial charge in [0.1, 0.15) is 0 Å². The molecule has 1 aliphatic heterocycles. The van der Waals surface area contributed by atoms with Crippen LogP contribution < -0.4 is 10.6 Å². The minimum atomic E-state index is 0.275. The number of carbonyl (C=O) groups excluding carboxylic acids is 1. The highest BCUT2D eigenvalue weighted by Gasteiger charge is 2.32. The Hall–Kier alpha value is -1.55. The van der Waals surface area contributed by atoms with Crippen molar-refractivity contribution in [2.24, 2.45) is 5.73 Å². The first kappa shape index (κ1) is 13.4. The summed E-state index contributed by atoms with van der Waals surface area (Å²) < 4.78 is 0. The molecule has 108 valence electrons. The lowest BCUT2D eigenvalue weighted by Crippen LogP contribution is -2.40. The molecule has 0 atom stereocenters. The van der Waals surface area contributed by atoms with E-state index in [2.05, 4.69) is 29.2 Å². The van der Waals surface area contributed by atoms with Crippen LogP contribution in [0, 0.1) is 0 Å². The van der Waals surface area contributed by atoms with Gasteiger partial charge in [0, 0.05) is 31.4 Å². The third kappa shape index (κ3) is 2.96. The van der Waals surface area contributed by atoms with Crippen molar-refractivity contribution in [3.63, 3.8) is 0 Å². The molecule has 0 spiro atoms. The SMILES string of the molecule is NCc1ccc(N(CC(=O)N2CCCC2)C2CC2)cc1. The van der Waals surface area contributed by atoms with E-state index in [4.69, 9.17) is 5.73 Å². The summed E-state index contributed by atoms with van der Waals surface area (Å²) in [6.07, 6.45) is 4.71. The van der Waals surface area contributed by atoms with E-state index in [1.54, 1.807) is 0 Å². The Morgan fingerprint density at radius 2 is 1.85 bits per heavy atom. The molecule has 4 heteroatoms. The second-order valence-corrected chi connectivity index (χ2v) is 5.82. The molecule has 0 unspecified atom stereocenters. The quantitative estimate of drug-likeness (QED) is 0.889. The molecular formula is C16H23N3O. The van der Waals surface area contributed by atoms with E-state index < -0.39 is 0 Å². The zero-order chi connectivity index (χ0) is 13.9. The smallest absolute Gasteiger partial charge is 0.242 e. The number of carbonyl (C=O) groups is 1. The van der Waals surface area contributed by atoms with Crippen LogP contribution in [0.2, 0.25) is 0 Å². The molecule has 0 bridgehead atoms. The van der Waals surface area contributed by atoms with Crippen LogP contribution in [0.3, 0.4) is 0 Å². The minimum Gasteiger partial charge on any atom is -0.359 e. The molecule has 0 aromatic heterocycles. The maximum absolute atomic E-state index is 12.3. The van der Waals surface area contributed by atoms with Gasteiger partial charge in [0.2, 0.25) is 5.91 Å². The van der Waals surface area contributed by atoms with Crippen molar-refractivity contribution in [1.82, 2.24) is 4.90 Å². The van der Waals surface area contributed by atoms with Crippen molar-refractivity contribution in [2.75, 3.05) is 24.5 Å². The van der Waals surface area contributed by atoms with E-state index in [0.29, 0.717) is 19.1 Å². The van der Waals surface area contributed by atoms with Gasteiger partial charge in [-0.3, -0.25) is 4.79 Å². The maximum Gasteiger partial charge on any atom is 0.242 e. The monoisotopic (exact) mass is 273 g/mol. The molecule has 1 heterocycles. The van der Waals surface area contributed by atoms with Crippen molar-refractivity contribution in [2.45, 2.75) is 38.3 Å². The van der Waals surface area contributed by atoms with E-state index in [9.17, 15) is 4.79 Å². The van der Waals surface area contributed by atoms with Gasteiger partial charge >= 0.3 is 0 Å². The predicted molar refractivity (Wildman–Crippen MR) is 80.5 cm³/mol. The number of benzene rings is 1. The van der Waals surface area contributed by atoms with E-state index in [1.165, 1.54) is 12.8 Å². The fourth-order valence-electron chi connectivity index (χ4n) is 2.85. The molecule has 2 fully saturated rings. The highest BCUT2D eigenvalue weighted by molar-refractivity contribution is 5.82. The summed E-state index contributed by atoms with van der Waals surface area (Å²) in [4.78, 5) is 16.6. The lowest BCUT2D eigenvalue weighted by atomic mass is 10.2. The zero-order valence-electron chi connectivity index (χ0n) is 11.9. The van der Waals surface area contributed by atoms with Gasteiger partial charge in [-0.05, 0) is 43.4 Å². The van der Waals surface area contributed by atoms with Gasteiger partial charge in [-0.2, -0.15) is 0 Å². The van der Waals surface area contributed by atoms with Crippen molar-refractivity contribution in [3.8, 4) is 0 Å². The third-order valence-electron chi connectivity index (χ3n) is 4.26. The summed E-state index contributed by atoms with van der Waals surface area (Å²) in [5, 5.41) is 0. The summed E-state index contributed by atoms with van der Waals surface area (Å²) >= 11 is 0. The van der Waals surface area contributed by atoms with Gasteiger partial charge in [0.25, 0.3) is 0 Å². The molecule has 1 aliphatic carbocycles. The number of hydrogen-bond donors (Lipinski definition) is 1. The number of hydrogen-bond acceptors (Lipinski definition) is 3. The molecule has 2 N–H and O–H groups in total. The summed E-state index contributed by atoms with van der Waals surface area (Å²) in [5.41, 5.74) is 7.92. The summed E-state index contributed by atoms with van der Waals surface area (Å²) in [6.45, 7) is 2.95. The number of amides is 1. The molecule has 1 saturated carbocycles. The number of anilines is 1. The van der Waals surface area contributed by atoms with Crippen LogP contribution in [0.15, 0.2) is 24.3 Å². The van der Waals surface area contributed by atoms with Gasteiger partial charge < -0.3 is 15.5 Å². The average molecular weight is 273 g/mol. The molecule has 4 nitrogen and oxygen atoms in total. The Morgan fingerprint density at radius 1 is 1.20 bits per heavy atom. The first-order valence-electron chi connectivity index (χ1n) is 7.61. The van der Waals surface area contributed by atoms with Crippen molar-refractivity contribution >= 4 is 11.6 Å². The average Bonchev–Trinajstić information content (AvgIpc) is 3.17. The fraction of sp³-hybridized carbons (Fsp3) is 0.562. The van der Waals surface area contributed by atoms with Crippen molar-refractivity contribution in [3.05, 3.63) is 29.8 Å². The highest BCUT2D eigenvalue weighted by atomic mass is 16.2. The Balaban J connectivity index is 1.69. The maximum atomic E-state index is 12.3. The van der Waals surface area contributed by atoms with Crippen LogP contribution in [0.25, 0.3) is 0 Å². The fourth-order valence-corrected chi connectivity index (χ4v) is 2.85. The lowest BCUT2D eigenvalue weighted by Gasteiger charge is -2.27. The number of nitrogens with two attached hydrogens (primary N) is 1. The number of nitrogens with zero attached hydrogens (tertiary/aromatic N) is 2. The van der Waals surface area contributed by atoms with Crippen LogP contribution >= 0.6 is 0 Å². The van der Waals surface area contributed by atoms with Crippen LogP contribution in [0.5, 0.6) is 0 Å². The molecule has 0 radical (unpaired) electrons. The Labute approximate surface area is 120 Å². The Bertz CT molecular complexity index is 461. The summed E-state index contributed by atoms with van der Waals surface area (Å²) in [6, 6.07) is 8.86. The van der Waals surface area contributed by atoms with Crippen LogP contribution in [-0.4, -0.2) is 36.5 Å². The highest BCUT2D eigenvalue weighted by Crippen LogP contribution is 2.31. The van der Waals surface area contributed by atoms with E-state index in [0.717, 1.165) is 37.2 Å². The summed E-state index contributed by atoms with van der Waals surface area (Å²) in [7, 11) is 0. The van der Waals surface area contributed by atoms with Gasteiger partial charge in [0.15, 0.2) is 0 Å². The first-order valence-corrected chi connectivity index (χ1v) is 7.61. The molecule has 1 amide bonds. The normalized spacial score (nSPS) is 18.4. The first-order chi connectivity index (χ1) is 9.78. The van der Waals surface area contributed by atoms with Crippen molar-refractivity contribution in [1.29, 1.82) is 0 Å². The molecule has 1 aromatic rings. The van der Waals surface area contributed by atoms with E-state index in [1.807, 2.05) is 4.90 Å². The Morgan fingerprint density at radius 3 is 2.40 bits per heavy atom.